The van der Waals surface area contributed by atoms with Crippen LogP contribution in [0.1, 0.15) is 40.0 Å². The molecule has 0 aromatic heterocycles. The van der Waals surface area contributed by atoms with Crippen molar-refractivity contribution in [3.63, 3.8) is 0 Å². The summed E-state index contributed by atoms with van der Waals surface area (Å²) in [6.07, 6.45) is 6.49. The Morgan fingerprint density at radius 1 is 1.20 bits per heavy atom. The summed E-state index contributed by atoms with van der Waals surface area (Å²) in [5.74, 6) is -0.666. The highest BCUT2D eigenvalue weighted by Crippen LogP contribution is 2.31. The second-order valence-corrected chi connectivity index (χ2v) is 10.3. The van der Waals surface area contributed by atoms with Crippen LogP contribution in [-0.4, -0.2) is 48.1 Å². The highest BCUT2D eigenvalue weighted by molar-refractivity contribution is 7.93. The minimum Gasteiger partial charge on any atom is -0.374 e. The van der Waals surface area contributed by atoms with Gasteiger partial charge in [-0.1, -0.05) is 25.1 Å². The number of piperidine rings is 1. The Labute approximate surface area is 179 Å². The molecule has 0 radical (unpaired) electrons. The number of halogens is 1. The Hall–Kier alpha value is -1.90. The maximum absolute atomic E-state index is 13.8. The first-order valence-corrected chi connectivity index (χ1v) is 12.0. The fourth-order valence-corrected chi connectivity index (χ4v) is 5.75. The molecule has 2 heterocycles. The van der Waals surface area contributed by atoms with Crippen LogP contribution >= 0.6 is 0 Å². The Morgan fingerprint density at radius 2 is 1.87 bits per heavy atom. The lowest BCUT2D eigenvalue weighted by molar-refractivity contribution is 0.0979. The van der Waals surface area contributed by atoms with Crippen molar-refractivity contribution < 1.29 is 17.9 Å². The first kappa shape index (κ1) is 22.8. The van der Waals surface area contributed by atoms with Gasteiger partial charge in [0, 0.05) is 31.2 Å². The number of para-hydroxylation sites is 1. The fourth-order valence-electron chi connectivity index (χ4n) is 3.90. The predicted molar refractivity (Wildman–Crippen MR) is 117 cm³/mol. The van der Waals surface area contributed by atoms with E-state index in [0.717, 1.165) is 0 Å². The Kier molecular flexibility index (Phi) is 7.21. The molecule has 6 nitrogen and oxygen atoms in total. The second-order valence-electron chi connectivity index (χ2n) is 8.40. The molecular formula is C22H32FN3O3S. The first-order valence-electron chi connectivity index (χ1n) is 10.5. The highest BCUT2D eigenvalue weighted by atomic mass is 32.2. The zero-order valence-corrected chi connectivity index (χ0v) is 18.6. The molecule has 1 fully saturated rings. The number of hydrogen-bond acceptors (Lipinski definition) is 5. The van der Waals surface area contributed by atoms with E-state index in [-0.39, 0.29) is 23.6 Å². The highest BCUT2D eigenvalue weighted by Gasteiger charge is 2.35. The number of nitrogens with one attached hydrogen (secondary N) is 1. The number of allylic oxidation sites excluding steroid dienone is 2. The van der Waals surface area contributed by atoms with E-state index in [1.807, 2.05) is 37.9 Å². The van der Waals surface area contributed by atoms with Gasteiger partial charge in [0.15, 0.2) is 0 Å². The van der Waals surface area contributed by atoms with E-state index < -0.39 is 22.1 Å². The monoisotopic (exact) mass is 437 g/mol. The summed E-state index contributed by atoms with van der Waals surface area (Å²) in [7, 11) is -3.59. The van der Waals surface area contributed by atoms with Crippen LogP contribution in [0.3, 0.4) is 0 Å². The molecule has 0 amide bonds. The summed E-state index contributed by atoms with van der Waals surface area (Å²) < 4.78 is 42.1. The minimum absolute atomic E-state index is 0.0963. The van der Waals surface area contributed by atoms with Gasteiger partial charge in [0.05, 0.1) is 10.6 Å². The number of rotatable bonds is 6. The maximum atomic E-state index is 13.8. The lowest BCUT2D eigenvalue weighted by Crippen LogP contribution is -2.44. The molecule has 1 saturated heterocycles. The molecule has 0 saturated carbocycles. The molecule has 1 aromatic carbocycles. The third-order valence-electron chi connectivity index (χ3n) is 5.89. The van der Waals surface area contributed by atoms with Gasteiger partial charge in [-0.15, -0.1) is 0 Å². The van der Waals surface area contributed by atoms with E-state index >= 15 is 0 Å². The number of nitrogens with zero attached hydrogens (tertiary/aromatic N) is 2. The Balaban J connectivity index is 1.66. The van der Waals surface area contributed by atoms with Gasteiger partial charge in [-0.25, -0.2) is 12.8 Å². The van der Waals surface area contributed by atoms with E-state index in [1.54, 1.807) is 24.4 Å². The van der Waals surface area contributed by atoms with E-state index in [0.29, 0.717) is 37.3 Å². The lowest BCUT2D eigenvalue weighted by Gasteiger charge is -2.35. The summed E-state index contributed by atoms with van der Waals surface area (Å²) in [6, 6.07) is 6.37. The van der Waals surface area contributed by atoms with Crippen LogP contribution in [0.2, 0.25) is 0 Å². The number of aliphatic hydroxyl groups excluding tert-OH is 1. The Morgan fingerprint density at radius 3 is 2.50 bits per heavy atom. The van der Waals surface area contributed by atoms with E-state index in [2.05, 4.69) is 5.32 Å². The van der Waals surface area contributed by atoms with Crippen molar-refractivity contribution in [1.82, 2.24) is 9.21 Å². The zero-order chi connectivity index (χ0) is 21.9. The van der Waals surface area contributed by atoms with Crippen LogP contribution in [-0.2, 0) is 10.0 Å². The van der Waals surface area contributed by atoms with Gasteiger partial charge >= 0.3 is 0 Å². The number of anilines is 1. The van der Waals surface area contributed by atoms with Gasteiger partial charge in [0.1, 0.15) is 12.0 Å². The summed E-state index contributed by atoms with van der Waals surface area (Å²) in [5, 5.41) is 13.3. The van der Waals surface area contributed by atoms with Gasteiger partial charge in [0.25, 0.3) is 0 Å². The lowest BCUT2D eigenvalue weighted by atomic mass is 9.96. The smallest absolute Gasteiger partial charge is 0.240 e. The SMILES string of the molecule is CC1CC=CN(C(C)C)C=C1S(=O)(=O)N1CCC(C(O)Nc2ccccc2F)CC1. The summed E-state index contributed by atoms with van der Waals surface area (Å²) in [5.41, 5.74) is 0.249. The molecule has 8 heteroatoms. The number of sulfonamides is 1. The molecule has 1 aromatic rings. The number of hydrogen-bond donors (Lipinski definition) is 2. The molecule has 0 aliphatic carbocycles. The first-order chi connectivity index (χ1) is 14.2. The average molecular weight is 438 g/mol. The topological polar surface area (TPSA) is 72.9 Å². The van der Waals surface area contributed by atoms with Crippen LogP contribution < -0.4 is 5.32 Å². The molecule has 166 valence electrons. The van der Waals surface area contributed by atoms with Crippen molar-refractivity contribution >= 4 is 15.7 Å². The maximum Gasteiger partial charge on any atom is 0.240 e. The summed E-state index contributed by atoms with van der Waals surface area (Å²) in [4.78, 5) is 2.37. The average Bonchev–Trinajstić information content (AvgIpc) is 2.92. The largest absolute Gasteiger partial charge is 0.374 e. The summed E-state index contributed by atoms with van der Waals surface area (Å²) >= 11 is 0. The number of aliphatic hydroxyl groups is 1. The van der Waals surface area contributed by atoms with Crippen LogP contribution in [0, 0.1) is 17.7 Å². The third-order valence-corrected chi connectivity index (χ3v) is 8.03. The quantitative estimate of drug-likeness (QED) is 0.664. The molecule has 2 unspecified atom stereocenters. The molecule has 2 aliphatic rings. The van der Waals surface area contributed by atoms with Crippen molar-refractivity contribution in [2.24, 2.45) is 11.8 Å². The van der Waals surface area contributed by atoms with Gasteiger partial charge < -0.3 is 15.3 Å². The van der Waals surface area contributed by atoms with Crippen LogP contribution in [0.4, 0.5) is 10.1 Å². The van der Waals surface area contributed by atoms with Crippen LogP contribution in [0.25, 0.3) is 0 Å². The Bertz CT molecular complexity index is 893. The van der Waals surface area contributed by atoms with Crippen molar-refractivity contribution in [2.45, 2.75) is 52.3 Å². The van der Waals surface area contributed by atoms with Gasteiger partial charge in [-0.3, -0.25) is 0 Å². The zero-order valence-electron chi connectivity index (χ0n) is 17.8. The molecule has 2 atom stereocenters. The van der Waals surface area contributed by atoms with E-state index in [9.17, 15) is 17.9 Å². The second kappa shape index (κ2) is 9.49. The van der Waals surface area contributed by atoms with Crippen molar-refractivity contribution in [2.75, 3.05) is 18.4 Å². The van der Waals surface area contributed by atoms with Gasteiger partial charge in [0.2, 0.25) is 10.0 Å². The van der Waals surface area contributed by atoms with Crippen LogP contribution in [0.15, 0.2) is 47.6 Å². The van der Waals surface area contributed by atoms with Crippen molar-refractivity contribution in [1.29, 1.82) is 0 Å². The summed E-state index contributed by atoms with van der Waals surface area (Å²) in [6.45, 7) is 6.66. The van der Waals surface area contributed by atoms with Gasteiger partial charge in [-0.2, -0.15) is 4.31 Å². The van der Waals surface area contributed by atoms with E-state index in [4.69, 9.17) is 0 Å². The normalized spacial score (nSPS) is 22.7. The minimum atomic E-state index is -3.59. The number of benzene rings is 1. The van der Waals surface area contributed by atoms with Gasteiger partial charge in [-0.05, 0) is 57.4 Å². The van der Waals surface area contributed by atoms with Crippen LogP contribution in [0.5, 0.6) is 0 Å². The molecule has 0 spiro atoms. The van der Waals surface area contributed by atoms with Crippen molar-refractivity contribution in [3.05, 3.63) is 53.5 Å². The molecule has 2 aliphatic heterocycles. The molecule has 3 rings (SSSR count). The third kappa shape index (κ3) is 5.04. The molecular weight excluding hydrogens is 405 g/mol. The standard InChI is InChI=1S/C22H32FN3O3S/c1-16(2)25-12-6-7-17(3)21(15-25)30(28,29)26-13-10-18(11-14-26)22(27)24-20-9-5-4-8-19(20)23/h4-6,8-9,12,15-18,22,24,27H,7,10-11,13-14H2,1-3H3. The van der Waals surface area contributed by atoms with Crippen molar-refractivity contribution in [3.8, 4) is 0 Å². The predicted octanol–water partition coefficient (Wildman–Crippen LogP) is 3.70. The van der Waals surface area contributed by atoms with E-state index in [1.165, 1.54) is 10.4 Å². The molecule has 30 heavy (non-hydrogen) atoms. The fraction of sp³-hybridized carbons (Fsp3) is 0.545. The molecule has 0 bridgehead atoms. The molecule has 2 N–H and O–H groups in total.